The Kier molecular flexibility index (Phi) is 6.69. The van der Waals surface area contributed by atoms with Gasteiger partial charge < -0.3 is 15.0 Å². The van der Waals surface area contributed by atoms with Gasteiger partial charge in [-0.15, -0.1) is 0 Å². The molecule has 2 amide bonds. The highest BCUT2D eigenvalue weighted by Gasteiger charge is 2.27. The van der Waals surface area contributed by atoms with Crippen LogP contribution in [0, 0.1) is 5.92 Å². The van der Waals surface area contributed by atoms with Crippen molar-refractivity contribution in [1.29, 1.82) is 0 Å². The Labute approximate surface area is 166 Å². The molecule has 28 heavy (non-hydrogen) atoms. The standard InChI is InChI=1S/C23H28N2O3/c1-17(24-22(26)20-9-6-10-21(16-20)28-2)23(27)25-13-11-19(12-14-25)15-18-7-4-3-5-8-18/h3-10,16-17,19H,11-15H2,1-2H3,(H,24,26)/t17-/m1/s1. The van der Waals surface area contributed by atoms with E-state index in [4.69, 9.17) is 4.74 Å². The topological polar surface area (TPSA) is 58.6 Å². The van der Waals surface area contributed by atoms with Crippen LogP contribution < -0.4 is 10.1 Å². The number of hydrogen-bond acceptors (Lipinski definition) is 3. The predicted octanol–water partition coefficient (Wildman–Crippen LogP) is 3.29. The third-order valence-corrected chi connectivity index (χ3v) is 5.34. The van der Waals surface area contributed by atoms with Crippen LogP contribution in [-0.2, 0) is 11.2 Å². The third kappa shape index (κ3) is 5.12. The van der Waals surface area contributed by atoms with Gasteiger partial charge in [-0.3, -0.25) is 9.59 Å². The van der Waals surface area contributed by atoms with Crippen LogP contribution in [0.5, 0.6) is 5.75 Å². The van der Waals surface area contributed by atoms with Crippen molar-refractivity contribution in [3.8, 4) is 5.75 Å². The number of likely N-dealkylation sites (tertiary alicyclic amines) is 1. The van der Waals surface area contributed by atoms with Crippen molar-refractivity contribution in [3.63, 3.8) is 0 Å². The van der Waals surface area contributed by atoms with E-state index in [0.29, 0.717) is 17.2 Å². The summed E-state index contributed by atoms with van der Waals surface area (Å²) in [6.07, 6.45) is 3.05. The number of piperidine rings is 1. The summed E-state index contributed by atoms with van der Waals surface area (Å²) < 4.78 is 5.15. The summed E-state index contributed by atoms with van der Waals surface area (Å²) in [5.74, 6) is 0.938. The first-order chi connectivity index (χ1) is 13.6. The molecule has 5 nitrogen and oxygen atoms in total. The number of methoxy groups -OCH3 is 1. The van der Waals surface area contributed by atoms with Gasteiger partial charge in [-0.05, 0) is 55.9 Å². The van der Waals surface area contributed by atoms with Gasteiger partial charge in [-0.1, -0.05) is 36.4 Å². The van der Waals surface area contributed by atoms with Gasteiger partial charge in [0, 0.05) is 18.7 Å². The summed E-state index contributed by atoms with van der Waals surface area (Å²) in [4.78, 5) is 27.0. The highest BCUT2D eigenvalue weighted by atomic mass is 16.5. The Morgan fingerprint density at radius 3 is 2.50 bits per heavy atom. The molecule has 2 aromatic rings. The average Bonchev–Trinajstić information content (AvgIpc) is 2.74. The first kappa shape index (κ1) is 19.9. The zero-order valence-corrected chi connectivity index (χ0v) is 16.6. The highest BCUT2D eigenvalue weighted by Crippen LogP contribution is 2.22. The van der Waals surface area contributed by atoms with Crippen LogP contribution in [0.15, 0.2) is 54.6 Å². The highest BCUT2D eigenvalue weighted by molar-refractivity contribution is 5.97. The summed E-state index contributed by atoms with van der Waals surface area (Å²) in [5.41, 5.74) is 1.84. The van der Waals surface area contributed by atoms with E-state index in [2.05, 4.69) is 29.6 Å². The van der Waals surface area contributed by atoms with E-state index in [1.165, 1.54) is 5.56 Å². The Bertz CT molecular complexity index is 799. The smallest absolute Gasteiger partial charge is 0.252 e. The van der Waals surface area contributed by atoms with Crippen LogP contribution in [0.25, 0.3) is 0 Å². The molecule has 0 aliphatic carbocycles. The third-order valence-electron chi connectivity index (χ3n) is 5.34. The van der Waals surface area contributed by atoms with Gasteiger partial charge in [0.05, 0.1) is 7.11 Å². The monoisotopic (exact) mass is 380 g/mol. The molecule has 5 heteroatoms. The van der Waals surface area contributed by atoms with Gasteiger partial charge in [0.1, 0.15) is 11.8 Å². The molecule has 1 aliphatic rings. The number of nitrogens with one attached hydrogen (secondary N) is 1. The predicted molar refractivity (Wildman–Crippen MR) is 109 cm³/mol. The van der Waals surface area contributed by atoms with E-state index in [1.807, 2.05) is 11.0 Å². The molecule has 148 valence electrons. The van der Waals surface area contributed by atoms with Gasteiger partial charge in [0.15, 0.2) is 0 Å². The number of nitrogens with zero attached hydrogens (tertiary/aromatic N) is 1. The van der Waals surface area contributed by atoms with Crippen LogP contribution in [0.3, 0.4) is 0 Å². The van der Waals surface area contributed by atoms with Crippen molar-refractivity contribution < 1.29 is 14.3 Å². The van der Waals surface area contributed by atoms with E-state index < -0.39 is 6.04 Å². The molecule has 1 saturated heterocycles. The molecule has 3 rings (SSSR count). The maximum Gasteiger partial charge on any atom is 0.252 e. The van der Waals surface area contributed by atoms with Gasteiger partial charge in [-0.25, -0.2) is 0 Å². The zero-order valence-electron chi connectivity index (χ0n) is 16.6. The summed E-state index contributed by atoms with van der Waals surface area (Å²) in [5, 5.41) is 2.81. The fourth-order valence-electron chi connectivity index (χ4n) is 3.68. The molecule has 1 heterocycles. The first-order valence-electron chi connectivity index (χ1n) is 9.84. The molecule has 0 radical (unpaired) electrons. The van der Waals surface area contributed by atoms with Crippen molar-refractivity contribution in [1.82, 2.24) is 10.2 Å². The molecule has 0 spiro atoms. The molecule has 1 fully saturated rings. The van der Waals surface area contributed by atoms with E-state index in [1.54, 1.807) is 38.3 Å². The number of rotatable bonds is 6. The molecule has 0 bridgehead atoms. The molecular weight excluding hydrogens is 352 g/mol. The van der Waals surface area contributed by atoms with Crippen LogP contribution >= 0.6 is 0 Å². The van der Waals surface area contributed by atoms with E-state index in [0.717, 1.165) is 32.4 Å². The maximum atomic E-state index is 12.7. The van der Waals surface area contributed by atoms with Crippen molar-refractivity contribution >= 4 is 11.8 Å². The lowest BCUT2D eigenvalue weighted by Gasteiger charge is -2.33. The van der Waals surface area contributed by atoms with E-state index >= 15 is 0 Å². The molecule has 2 aromatic carbocycles. The molecule has 1 N–H and O–H groups in total. The lowest BCUT2D eigenvalue weighted by atomic mass is 9.90. The van der Waals surface area contributed by atoms with Crippen molar-refractivity contribution in [2.75, 3.05) is 20.2 Å². The summed E-state index contributed by atoms with van der Waals surface area (Å²) in [6, 6.07) is 16.9. The lowest BCUT2D eigenvalue weighted by molar-refractivity contribution is -0.134. The summed E-state index contributed by atoms with van der Waals surface area (Å²) in [7, 11) is 1.56. The molecule has 0 unspecified atom stereocenters. The number of carbonyl (C=O) groups is 2. The maximum absolute atomic E-state index is 12.7. The van der Waals surface area contributed by atoms with Crippen molar-refractivity contribution in [3.05, 3.63) is 65.7 Å². The number of ether oxygens (including phenoxy) is 1. The van der Waals surface area contributed by atoms with Crippen molar-refractivity contribution in [2.24, 2.45) is 5.92 Å². The minimum Gasteiger partial charge on any atom is -0.497 e. The first-order valence-corrected chi connectivity index (χ1v) is 9.84. The van der Waals surface area contributed by atoms with Crippen molar-refractivity contribution in [2.45, 2.75) is 32.2 Å². The minimum absolute atomic E-state index is 0.0191. The van der Waals surface area contributed by atoms with E-state index in [9.17, 15) is 9.59 Å². The number of benzene rings is 2. The number of hydrogen-bond donors (Lipinski definition) is 1. The Hall–Kier alpha value is -2.82. The molecule has 0 saturated carbocycles. The second-order valence-electron chi connectivity index (χ2n) is 7.39. The molecule has 1 atom stereocenters. The van der Waals surface area contributed by atoms with Gasteiger partial charge in [0.25, 0.3) is 5.91 Å². The Balaban J connectivity index is 1.49. The molecular formula is C23H28N2O3. The van der Waals surface area contributed by atoms with Gasteiger partial charge in [-0.2, -0.15) is 0 Å². The second-order valence-corrected chi connectivity index (χ2v) is 7.39. The largest absolute Gasteiger partial charge is 0.497 e. The second kappa shape index (κ2) is 9.40. The summed E-state index contributed by atoms with van der Waals surface area (Å²) in [6.45, 7) is 3.24. The normalized spacial score (nSPS) is 15.7. The quantitative estimate of drug-likeness (QED) is 0.837. The van der Waals surface area contributed by atoms with Gasteiger partial charge in [0.2, 0.25) is 5.91 Å². The minimum atomic E-state index is -0.552. The Morgan fingerprint density at radius 1 is 1.11 bits per heavy atom. The van der Waals surface area contributed by atoms with Crippen LogP contribution in [0.2, 0.25) is 0 Å². The average molecular weight is 380 g/mol. The summed E-state index contributed by atoms with van der Waals surface area (Å²) >= 11 is 0. The molecule has 0 aromatic heterocycles. The van der Waals surface area contributed by atoms with Crippen LogP contribution in [-0.4, -0.2) is 43.0 Å². The fraction of sp³-hybridized carbons (Fsp3) is 0.391. The van der Waals surface area contributed by atoms with Gasteiger partial charge >= 0.3 is 0 Å². The molecule has 1 aliphatic heterocycles. The number of amides is 2. The SMILES string of the molecule is COc1cccc(C(=O)N[C@H](C)C(=O)N2CCC(Cc3ccccc3)CC2)c1. The lowest BCUT2D eigenvalue weighted by Crippen LogP contribution is -2.49. The van der Waals surface area contributed by atoms with E-state index in [-0.39, 0.29) is 11.8 Å². The van der Waals surface area contributed by atoms with Crippen LogP contribution in [0.1, 0.15) is 35.7 Å². The Morgan fingerprint density at radius 2 is 1.82 bits per heavy atom. The zero-order chi connectivity index (χ0) is 19.9. The number of carbonyl (C=O) groups excluding carboxylic acids is 2. The fourth-order valence-corrected chi connectivity index (χ4v) is 3.68. The van der Waals surface area contributed by atoms with Crippen LogP contribution in [0.4, 0.5) is 0 Å².